The number of amides is 1. The van der Waals surface area contributed by atoms with E-state index in [9.17, 15) is 4.79 Å². The number of aromatic nitrogens is 1. The van der Waals surface area contributed by atoms with Gasteiger partial charge in [0.1, 0.15) is 10.8 Å². The molecule has 0 saturated carbocycles. The monoisotopic (exact) mass is 289 g/mol. The van der Waals surface area contributed by atoms with E-state index in [1.807, 2.05) is 4.90 Å². The van der Waals surface area contributed by atoms with Gasteiger partial charge in [-0.05, 0) is 26.1 Å². The van der Waals surface area contributed by atoms with Crippen LogP contribution in [-0.4, -0.2) is 53.5 Å². The largest absolute Gasteiger partial charge is 0.336 e. The van der Waals surface area contributed by atoms with Crippen LogP contribution in [0.4, 0.5) is 0 Å². The van der Waals surface area contributed by atoms with Crippen molar-refractivity contribution < 1.29 is 4.79 Å². The van der Waals surface area contributed by atoms with E-state index in [4.69, 9.17) is 23.2 Å². The zero-order chi connectivity index (χ0) is 13.3. The summed E-state index contributed by atoms with van der Waals surface area (Å²) < 4.78 is 1.64. The Morgan fingerprint density at radius 2 is 1.89 bits per heavy atom. The Balaban J connectivity index is 2.17. The van der Waals surface area contributed by atoms with Crippen molar-refractivity contribution in [2.24, 2.45) is 7.05 Å². The second kappa shape index (κ2) is 5.51. The van der Waals surface area contributed by atoms with Crippen LogP contribution >= 0.6 is 23.2 Å². The van der Waals surface area contributed by atoms with E-state index in [1.54, 1.807) is 17.7 Å². The van der Waals surface area contributed by atoms with Crippen LogP contribution in [0.2, 0.25) is 10.2 Å². The minimum absolute atomic E-state index is 0.00148. The predicted molar refractivity (Wildman–Crippen MR) is 73.5 cm³/mol. The van der Waals surface area contributed by atoms with Crippen molar-refractivity contribution in [3.8, 4) is 0 Å². The summed E-state index contributed by atoms with van der Waals surface area (Å²) in [7, 11) is 3.83. The van der Waals surface area contributed by atoms with Gasteiger partial charge in [-0.25, -0.2) is 0 Å². The summed E-state index contributed by atoms with van der Waals surface area (Å²) in [5, 5.41) is 0.835. The fourth-order valence-corrected chi connectivity index (χ4v) is 2.53. The zero-order valence-corrected chi connectivity index (χ0v) is 12.1. The highest BCUT2D eigenvalue weighted by atomic mass is 35.5. The molecule has 6 heteroatoms. The van der Waals surface area contributed by atoms with E-state index in [0.717, 1.165) is 32.6 Å². The van der Waals surface area contributed by atoms with Crippen LogP contribution in [0.5, 0.6) is 0 Å². The van der Waals surface area contributed by atoms with Gasteiger partial charge in [0.05, 0.1) is 5.02 Å². The molecule has 18 heavy (non-hydrogen) atoms. The first-order valence-electron chi connectivity index (χ1n) is 5.99. The van der Waals surface area contributed by atoms with Gasteiger partial charge in [-0.3, -0.25) is 4.79 Å². The third-order valence-corrected chi connectivity index (χ3v) is 4.18. The van der Waals surface area contributed by atoms with Crippen LogP contribution in [0.3, 0.4) is 0 Å². The zero-order valence-electron chi connectivity index (χ0n) is 10.6. The highest BCUT2D eigenvalue weighted by Crippen LogP contribution is 2.26. The first kappa shape index (κ1) is 13.7. The van der Waals surface area contributed by atoms with Crippen molar-refractivity contribution >= 4 is 29.1 Å². The summed E-state index contributed by atoms with van der Waals surface area (Å²) in [5.74, 6) is 0.00148. The fourth-order valence-electron chi connectivity index (χ4n) is 2.16. The quantitative estimate of drug-likeness (QED) is 0.792. The Hall–Kier alpha value is -0.710. The normalized spacial score (nSPS) is 17.9. The van der Waals surface area contributed by atoms with E-state index < -0.39 is 0 Å². The lowest BCUT2D eigenvalue weighted by Gasteiger charge is -2.20. The van der Waals surface area contributed by atoms with Crippen LogP contribution in [0.1, 0.15) is 16.9 Å². The van der Waals surface area contributed by atoms with Gasteiger partial charge in [0.2, 0.25) is 0 Å². The van der Waals surface area contributed by atoms with Crippen LogP contribution in [0.25, 0.3) is 0 Å². The number of carbonyl (C=O) groups is 1. The minimum Gasteiger partial charge on any atom is -0.336 e. The molecule has 4 nitrogen and oxygen atoms in total. The van der Waals surface area contributed by atoms with E-state index in [1.165, 1.54) is 0 Å². The average molecular weight is 290 g/mol. The topological polar surface area (TPSA) is 28.5 Å². The van der Waals surface area contributed by atoms with Gasteiger partial charge in [0.15, 0.2) is 0 Å². The number of carbonyl (C=O) groups excluding carboxylic acids is 1. The van der Waals surface area contributed by atoms with Crippen LogP contribution < -0.4 is 0 Å². The van der Waals surface area contributed by atoms with E-state index in [2.05, 4.69) is 11.9 Å². The second-order valence-corrected chi connectivity index (χ2v) is 5.44. The molecule has 1 saturated heterocycles. The molecule has 1 aromatic heterocycles. The lowest BCUT2D eigenvalue weighted by Crippen LogP contribution is -2.35. The lowest BCUT2D eigenvalue weighted by molar-refractivity contribution is 0.0753. The second-order valence-electron chi connectivity index (χ2n) is 4.68. The summed E-state index contributed by atoms with van der Waals surface area (Å²) in [5.41, 5.74) is 0.551. The molecular formula is C12H17Cl2N3O. The van der Waals surface area contributed by atoms with Crippen molar-refractivity contribution in [3.63, 3.8) is 0 Å². The van der Waals surface area contributed by atoms with Crippen LogP contribution in [0, 0.1) is 0 Å². The summed E-state index contributed by atoms with van der Waals surface area (Å²) in [6, 6.07) is 1.64. The average Bonchev–Trinajstić information content (AvgIpc) is 2.55. The van der Waals surface area contributed by atoms with Gasteiger partial charge in [0.25, 0.3) is 5.91 Å². The number of hydrogen-bond donors (Lipinski definition) is 0. The summed E-state index contributed by atoms with van der Waals surface area (Å²) in [4.78, 5) is 16.5. The highest BCUT2D eigenvalue weighted by molar-refractivity contribution is 6.41. The third kappa shape index (κ3) is 2.66. The first-order valence-corrected chi connectivity index (χ1v) is 6.75. The Labute approximate surface area is 117 Å². The molecule has 0 aromatic carbocycles. The Kier molecular flexibility index (Phi) is 4.20. The van der Waals surface area contributed by atoms with Crippen molar-refractivity contribution in [1.82, 2.24) is 14.4 Å². The van der Waals surface area contributed by atoms with Gasteiger partial charge >= 0.3 is 0 Å². The summed E-state index contributed by atoms with van der Waals surface area (Å²) in [6.45, 7) is 3.45. The van der Waals surface area contributed by atoms with Gasteiger partial charge in [-0.2, -0.15) is 0 Å². The smallest absolute Gasteiger partial charge is 0.270 e. The Morgan fingerprint density at radius 3 is 2.50 bits per heavy atom. The van der Waals surface area contributed by atoms with Gasteiger partial charge in [-0.15, -0.1) is 0 Å². The molecule has 0 spiro atoms. The molecule has 100 valence electrons. The predicted octanol–water partition coefficient (Wildman–Crippen LogP) is 2.11. The maximum atomic E-state index is 12.4. The maximum absolute atomic E-state index is 12.4. The third-order valence-electron chi connectivity index (χ3n) is 3.34. The highest BCUT2D eigenvalue weighted by Gasteiger charge is 2.23. The van der Waals surface area contributed by atoms with Gasteiger partial charge in [0, 0.05) is 26.7 Å². The molecule has 1 aliphatic rings. The van der Waals surface area contributed by atoms with Crippen molar-refractivity contribution in [2.45, 2.75) is 6.42 Å². The Morgan fingerprint density at radius 1 is 1.17 bits per heavy atom. The SMILES string of the molecule is CN1CCCN(C(=O)c2cc(Cl)c(Cl)n2C)CC1. The molecule has 0 bridgehead atoms. The number of nitrogens with zero attached hydrogens (tertiary/aromatic N) is 3. The molecule has 0 N–H and O–H groups in total. The maximum Gasteiger partial charge on any atom is 0.270 e. The molecule has 0 unspecified atom stereocenters. The van der Waals surface area contributed by atoms with Crippen molar-refractivity contribution in [2.75, 3.05) is 33.2 Å². The van der Waals surface area contributed by atoms with E-state index >= 15 is 0 Å². The summed E-state index contributed by atoms with van der Waals surface area (Å²) in [6.07, 6.45) is 0.994. The molecule has 0 aliphatic carbocycles. The van der Waals surface area contributed by atoms with Crippen LogP contribution in [0.15, 0.2) is 6.07 Å². The van der Waals surface area contributed by atoms with E-state index in [-0.39, 0.29) is 5.91 Å². The standard InChI is InChI=1S/C12H17Cl2N3O/c1-15-4-3-5-17(7-6-15)12(18)10-8-9(13)11(14)16(10)2/h8H,3-7H2,1-2H3. The molecule has 1 fully saturated rings. The molecule has 0 atom stereocenters. The number of halogens is 2. The number of likely N-dealkylation sites (N-methyl/N-ethyl adjacent to an activating group) is 1. The molecular weight excluding hydrogens is 273 g/mol. The summed E-state index contributed by atoms with van der Waals surface area (Å²) >= 11 is 11.9. The lowest BCUT2D eigenvalue weighted by atomic mass is 10.3. The molecule has 0 radical (unpaired) electrons. The van der Waals surface area contributed by atoms with Gasteiger partial charge < -0.3 is 14.4 Å². The molecule has 1 amide bonds. The van der Waals surface area contributed by atoms with Crippen molar-refractivity contribution in [3.05, 3.63) is 21.9 Å². The molecule has 1 aromatic rings. The number of rotatable bonds is 1. The van der Waals surface area contributed by atoms with Gasteiger partial charge in [-0.1, -0.05) is 23.2 Å². The first-order chi connectivity index (χ1) is 8.50. The molecule has 2 heterocycles. The fraction of sp³-hybridized carbons (Fsp3) is 0.583. The molecule has 1 aliphatic heterocycles. The van der Waals surface area contributed by atoms with E-state index in [0.29, 0.717) is 15.9 Å². The Bertz CT molecular complexity index is 458. The molecule has 2 rings (SSSR count). The van der Waals surface area contributed by atoms with Crippen molar-refractivity contribution in [1.29, 1.82) is 0 Å². The minimum atomic E-state index is 0.00148. The van der Waals surface area contributed by atoms with Crippen LogP contribution in [-0.2, 0) is 7.05 Å². The number of hydrogen-bond acceptors (Lipinski definition) is 2.